The summed E-state index contributed by atoms with van der Waals surface area (Å²) in [6.07, 6.45) is -4.95. The van der Waals surface area contributed by atoms with Crippen molar-refractivity contribution in [2.45, 2.75) is 24.6 Å². The van der Waals surface area contributed by atoms with Gasteiger partial charge in [0.2, 0.25) is 6.29 Å². The predicted octanol–water partition coefficient (Wildman–Crippen LogP) is 1.15. The average Bonchev–Trinajstić information content (AvgIpc) is 2.98. The van der Waals surface area contributed by atoms with Gasteiger partial charge in [-0.2, -0.15) is 0 Å². The fourth-order valence-corrected chi connectivity index (χ4v) is 2.61. The Bertz CT molecular complexity index is 747. The van der Waals surface area contributed by atoms with Crippen molar-refractivity contribution in [1.29, 1.82) is 0 Å². The molecule has 1 aliphatic rings. The van der Waals surface area contributed by atoms with Crippen molar-refractivity contribution >= 4 is 11.9 Å². The highest BCUT2D eigenvalue weighted by molar-refractivity contribution is 5.90. The van der Waals surface area contributed by atoms with Crippen LogP contribution in [-0.4, -0.2) is 53.4 Å². The Hall–Kier alpha value is -2.74. The second-order valence-corrected chi connectivity index (χ2v) is 5.72. The molecule has 1 saturated heterocycles. The molecule has 1 heterocycles. The third-order valence-corrected chi connectivity index (χ3v) is 3.96. The van der Waals surface area contributed by atoms with Crippen LogP contribution in [0.5, 0.6) is 0 Å². The second-order valence-electron chi connectivity index (χ2n) is 5.72. The van der Waals surface area contributed by atoms with Crippen LogP contribution >= 0.6 is 0 Å². The Morgan fingerprint density at radius 1 is 0.885 bits per heavy atom. The van der Waals surface area contributed by atoms with Crippen molar-refractivity contribution in [3.05, 3.63) is 71.8 Å². The maximum absolute atomic E-state index is 12.2. The third kappa shape index (κ3) is 3.91. The van der Waals surface area contributed by atoms with E-state index in [0.717, 1.165) is 0 Å². The summed E-state index contributed by atoms with van der Waals surface area (Å²) < 4.78 is 15.8. The first-order valence-electron chi connectivity index (χ1n) is 8.06. The number of benzene rings is 2. The van der Waals surface area contributed by atoms with Crippen LogP contribution in [0.4, 0.5) is 0 Å². The van der Waals surface area contributed by atoms with E-state index in [9.17, 15) is 19.8 Å². The van der Waals surface area contributed by atoms with E-state index in [-0.39, 0.29) is 5.56 Å². The molecule has 0 amide bonds. The lowest BCUT2D eigenvalue weighted by molar-refractivity contribution is -0.139. The number of carbonyl (C=O) groups excluding carboxylic acids is 2. The summed E-state index contributed by atoms with van der Waals surface area (Å²) in [5, 5.41) is 19.8. The van der Waals surface area contributed by atoms with Gasteiger partial charge >= 0.3 is 11.9 Å². The summed E-state index contributed by atoms with van der Waals surface area (Å²) in [6, 6.07) is 16.4. The SMILES string of the molecule is O=C(O[C@H]1O[C@H](CO)[C@@H](OC(=O)c2ccccc2)[C@H]1O)c1ccccc1. The summed E-state index contributed by atoms with van der Waals surface area (Å²) in [7, 11) is 0. The van der Waals surface area contributed by atoms with Crippen molar-refractivity contribution in [3.63, 3.8) is 0 Å². The van der Waals surface area contributed by atoms with Gasteiger partial charge in [0.05, 0.1) is 17.7 Å². The van der Waals surface area contributed by atoms with Gasteiger partial charge in [-0.3, -0.25) is 0 Å². The van der Waals surface area contributed by atoms with Crippen LogP contribution in [0.3, 0.4) is 0 Å². The molecule has 3 rings (SSSR count). The van der Waals surface area contributed by atoms with E-state index >= 15 is 0 Å². The quantitative estimate of drug-likeness (QED) is 0.773. The zero-order valence-corrected chi connectivity index (χ0v) is 13.7. The summed E-state index contributed by atoms with van der Waals surface area (Å²) in [5.41, 5.74) is 0.578. The molecule has 136 valence electrons. The van der Waals surface area contributed by atoms with E-state index in [1.807, 2.05) is 0 Å². The van der Waals surface area contributed by atoms with E-state index in [4.69, 9.17) is 14.2 Å². The van der Waals surface area contributed by atoms with Crippen molar-refractivity contribution in [1.82, 2.24) is 0 Å². The van der Waals surface area contributed by atoms with Crippen LogP contribution < -0.4 is 0 Å². The number of rotatable bonds is 5. The van der Waals surface area contributed by atoms with Gasteiger partial charge in [0.25, 0.3) is 0 Å². The fraction of sp³-hybridized carbons (Fsp3) is 0.263. The first-order chi connectivity index (χ1) is 12.6. The molecule has 0 spiro atoms. The third-order valence-electron chi connectivity index (χ3n) is 3.96. The largest absolute Gasteiger partial charge is 0.453 e. The molecule has 1 fully saturated rings. The zero-order chi connectivity index (χ0) is 18.5. The van der Waals surface area contributed by atoms with Crippen LogP contribution in [0, 0.1) is 0 Å². The molecular formula is C19H18O7. The van der Waals surface area contributed by atoms with E-state index < -0.39 is 43.1 Å². The molecule has 0 radical (unpaired) electrons. The minimum Gasteiger partial charge on any atom is -0.453 e. The van der Waals surface area contributed by atoms with E-state index in [1.165, 1.54) is 0 Å². The molecule has 26 heavy (non-hydrogen) atoms. The van der Waals surface area contributed by atoms with E-state index in [2.05, 4.69) is 0 Å². The molecular weight excluding hydrogens is 340 g/mol. The molecule has 7 nitrogen and oxygen atoms in total. The molecule has 0 aromatic heterocycles. The van der Waals surface area contributed by atoms with Gasteiger partial charge in [0.1, 0.15) is 6.10 Å². The fourth-order valence-electron chi connectivity index (χ4n) is 2.61. The van der Waals surface area contributed by atoms with Gasteiger partial charge in [-0.05, 0) is 24.3 Å². The predicted molar refractivity (Wildman–Crippen MR) is 89.3 cm³/mol. The van der Waals surface area contributed by atoms with Gasteiger partial charge < -0.3 is 24.4 Å². The highest BCUT2D eigenvalue weighted by atomic mass is 16.7. The Labute approximate surface area is 149 Å². The van der Waals surface area contributed by atoms with Crippen molar-refractivity contribution < 1.29 is 34.0 Å². The maximum Gasteiger partial charge on any atom is 0.340 e. The number of hydrogen-bond acceptors (Lipinski definition) is 7. The van der Waals surface area contributed by atoms with Crippen LogP contribution in [0.2, 0.25) is 0 Å². The average molecular weight is 358 g/mol. The molecule has 2 aromatic carbocycles. The monoisotopic (exact) mass is 358 g/mol. The van der Waals surface area contributed by atoms with Crippen molar-refractivity contribution in [2.24, 2.45) is 0 Å². The molecule has 7 heteroatoms. The highest BCUT2D eigenvalue weighted by Gasteiger charge is 2.48. The molecule has 0 bridgehead atoms. The first kappa shape index (κ1) is 18.1. The molecule has 2 aromatic rings. The van der Waals surface area contributed by atoms with E-state index in [0.29, 0.717) is 5.56 Å². The molecule has 2 N–H and O–H groups in total. The molecule has 4 atom stereocenters. The first-order valence-corrected chi connectivity index (χ1v) is 8.06. The summed E-state index contributed by atoms with van der Waals surface area (Å²) in [4.78, 5) is 24.3. The number of hydrogen-bond donors (Lipinski definition) is 2. The van der Waals surface area contributed by atoms with Crippen molar-refractivity contribution in [3.8, 4) is 0 Å². The van der Waals surface area contributed by atoms with Gasteiger partial charge in [0.15, 0.2) is 12.2 Å². The van der Waals surface area contributed by atoms with Crippen LogP contribution in [0.15, 0.2) is 60.7 Å². The standard InChI is InChI=1S/C19H18O7/c20-11-14-16(25-17(22)12-7-3-1-4-8-12)15(21)19(24-14)26-18(23)13-9-5-2-6-10-13/h1-10,14-16,19-21H,11H2/t14-,15-,16-,19-/m1/s1. The lowest BCUT2D eigenvalue weighted by Crippen LogP contribution is -2.39. The summed E-state index contributed by atoms with van der Waals surface area (Å²) in [6.45, 7) is -0.511. The van der Waals surface area contributed by atoms with Gasteiger partial charge in [-0.1, -0.05) is 36.4 Å². The minimum absolute atomic E-state index is 0.286. The number of ether oxygens (including phenoxy) is 3. The number of esters is 2. The summed E-state index contributed by atoms with van der Waals surface area (Å²) >= 11 is 0. The number of carbonyl (C=O) groups is 2. The molecule has 1 aliphatic heterocycles. The van der Waals surface area contributed by atoms with E-state index in [1.54, 1.807) is 60.7 Å². The van der Waals surface area contributed by atoms with Crippen LogP contribution in [0.1, 0.15) is 20.7 Å². The maximum atomic E-state index is 12.2. The Morgan fingerprint density at radius 3 is 1.88 bits per heavy atom. The van der Waals surface area contributed by atoms with Crippen molar-refractivity contribution in [2.75, 3.05) is 6.61 Å². The Morgan fingerprint density at radius 2 is 1.38 bits per heavy atom. The molecule has 0 saturated carbocycles. The Balaban J connectivity index is 1.67. The molecule has 0 unspecified atom stereocenters. The highest BCUT2D eigenvalue weighted by Crippen LogP contribution is 2.26. The minimum atomic E-state index is -1.42. The second kappa shape index (κ2) is 8.09. The number of aliphatic hydroxyl groups excluding tert-OH is 2. The van der Waals surface area contributed by atoms with Crippen LogP contribution in [0.25, 0.3) is 0 Å². The van der Waals surface area contributed by atoms with Gasteiger partial charge in [0, 0.05) is 0 Å². The Kier molecular flexibility index (Phi) is 5.62. The lowest BCUT2D eigenvalue weighted by atomic mass is 10.1. The number of aliphatic hydroxyl groups is 2. The zero-order valence-electron chi connectivity index (χ0n) is 13.7. The van der Waals surface area contributed by atoms with Crippen LogP contribution in [-0.2, 0) is 14.2 Å². The smallest absolute Gasteiger partial charge is 0.340 e. The topological polar surface area (TPSA) is 102 Å². The summed E-state index contributed by atoms with van der Waals surface area (Å²) in [5.74, 6) is -1.37. The normalized spacial score (nSPS) is 24.8. The van der Waals surface area contributed by atoms with Gasteiger partial charge in [-0.15, -0.1) is 0 Å². The lowest BCUT2D eigenvalue weighted by Gasteiger charge is -2.19. The van der Waals surface area contributed by atoms with Gasteiger partial charge in [-0.25, -0.2) is 9.59 Å². The molecule has 0 aliphatic carbocycles.